The maximum absolute atomic E-state index is 12.4. The second-order valence-electron chi connectivity index (χ2n) is 5.69. The molecule has 0 atom stereocenters. The molecule has 0 fully saturated rings. The molecule has 3 aromatic carbocycles. The molecule has 124 valence electrons. The average molecular weight is 347 g/mol. The Balaban J connectivity index is 1.79. The summed E-state index contributed by atoms with van der Waals surface area (Å²) in [6, 6.07) is 19.9. The zero-order valence-electron chi connectivity index (χ0n) is 13.8. The largest absolute Gasteiger partial charge is 0.493 e. The van der Waals surface area contributed by atoms with E-state index in [1.165, 1.54) is 11.8 Å². The van der Waals surface area contributed by atoms with Crippen LogP contribution in [0.4, 0.5) is 5.69 Å². The summed E-state index contributed by atoms with van der Waals surface area (Å²) in [4.78, 5) is 14.2. The van der Waals surface area contributed by atoms with Gasteiger partial charge in [0.05, 0.1) is 17.2 Å². The summed E-state index contributed by atoms with van der Waals surface area (Å²) in [5, 5.41) is 5.09. The van der Waals surface area contributed by atoms with Gasteiger partial charge in [-0.3, -0.25) is 4.79 Å². The summed E-state index contributed by atoms with van der Waals surface area (Å²) in [5.74, 6) is 0.799. The van der Waals surface area contributed by atoms with Crippen LogP contribution in [0.1, 0.15) is 12.5 Å². The normalized spacial score (nSPS) is 15.1. The third-order valence-electron chi connectivity index (χ3n) is 4.08. The van der Waals surface area contributed by atoms with Crippen molar-refractivity contribution >= 4 is 40.2 Å². The number of fused-ring (bicyclic) bond motifs is 2. The van der Waals surface area contributed by atoms with E-state index >= 15 is 0 Å². The van der Waals surface area contributed by atoms with Gasteiger partial charge in [0.15, 0.2) is 0 Å². The quantitative estimate of drug-likeness (QED) is 0.651. The number of para-hydroxylation sites is 1. The van der Waals surface area contributed by atoms with E-state index in [1.807, 2.05) is 67.6 Å². The number of anilines is 1. The third kappa shape index (κ3) is 3.01. The second-order valence-corrected chi connectivity index (χ2v) is 6.78. The molecule has 1 N–H and O–H groups in total. The van der Waals surface area contributed by atoms with Crippen molar-refractivity contribution in [1.82, 2.24) is 0 Å². The van der Waals surface area contributed by atoms with Crippen LogP contribution in [0.5, 0.6) is 5.75 Å². The number of benzene rings is 3. The van der Waals surface area contributed by atoms with Crippen LogP contribution in [0.2, 0.25) is 0 Å². The number of rotatable bonds is 3. The van der Waals surface area contributed by atoms with Gasteiger partial charge in [0.25, 0.3) is 5.91 Å². The monoisotopic (exact) mass is 347 g/mol. The maximum Gasteiger partial charge on any atom is 0.262 e. The molecule has 25 heavy (non-hydrogen) atoms. The molecule has 1 heterocycles. The van der Waals surface area contributed by atoms with Crippen molar-refractivity contribution in [1.29, 1.82) is 0 Å². The molecule has 3 nitrogen and oxygen atoms in total. The van der Waals surface area contributed by atoms with Crippen LogP contribution in [-0.4, -0.2) is 12.5 Å². The molecule has 0 saturated carbocycles. The van der Waals surface area contributed by atoms with E-state index in [0.717, 1.165) is 32.7 Å². The summed E-state index contributed by atoms with van der Waals surface area (Å²) in [7, 11) is 0. The summed E-state index contributed by atoms with van der Waals surface area (Å²) in [6.07, 6.45) is 1.95. The van der Waals surface area contributed by atoms with Gasteiger partial charge in [0, 0.05) is 10.3 Å². The van der Waals surface area contributed by atoms with Crippen molar-refractivity contribution < 1.29 is 9.53 Å². The lowest BCUT2D eigenvalue weighted by Gasteiger charge is -2.18. The van der Waals surface area contributed by atoms with Gasteiger partial charge in [-0.15, -0.1) is 0 Å². The first kappa shape index (κ1) is 15.8. The Labute approximate surface area is 150 Å². The van der Waals surface area contributed by atoms with Crippen molar-refractivity contribution in [2.75, 3.05) is 11.9 Å². The van der Waals surface area contributed by atoms with Crippen molar-refractivity contribution in [2.45, 2.75) is 11.8 Å². The van der Waals surface area contributed by atoms with Crippen LogP contribution in [0.3, 0.4) is 0 Å². The smallest absolute Gasteiger partial charge is 0.262 e. The fourth-order valence-electron chi connectivity index (χ4n) is 2.95. The van der Waals surface area contributed by atoms with Crippen LogP contribution in [0.25, 0.3) is 16.8 Å². The lowest BCUT2D eigenvalue weighted by molar-refractivity contribution is -0.112. The Morgan fingerprint density at radius 2 is 1.76 bits per heavy atom. The number of hydrogen-bond donors (Lipinski definition) is 1. The number of hydrogen-bond acceptors (Lipinski definition) is 3. The molecule has 1 amide bonds. The van der Waals surface area contributed by atoms with Crippen LogP contribution in [-0.2, 0) is 4.79 Å². The highest BCUT2D eigenvalue weighted by Gasteiger charge is 2.20. The lowest BCUT2D eigenvalue weighted by atomic mass is 10.0. The van der Waals surface area contributed by atoms with Gasteiger partial charge in [-0.1, -0.05) is 54.2 Å². The van der Waals surface area contributed by atoms with Crippen LogP contribution in [0, 0.1) is 0 Å². The van der Waals surface area contributed by atoms with Crippen molar-refractivity contribution in [2.24, 2.45) is 0 Å². The van der Waals surface area contributed by atoms with E-state index in [2.05, 4.69) is 11.4 Å². The van der Waals surface area contributed by atoms with E-state index in [4.69, 9.17) is 4.74 Å². The van der Waals surface area contributed by atoms with Crippen molar-refractivity contribution in [3.05, 3.63) is 71.1 Å². The third-order valence-corrected chi connectivity index (χ3v) is 5.18. The molecule has 0 bridgehead atoms. The predicted octanol–water partition coefficient (Wildman–Crippen LogP) is 5.32. The molecule has 0 aliphatic carbocycles. The fourth-order valence-corrected chi connectivity index (χ4v) is 3.89. The van der Waals surface area contributed by atoms with E-state index in [1.54, 1.807) is 0 Å². The topological polar surface area (TPSA) is 38.3 Å². The fraction of sp³-hybridized carbons (Fsp3) is 0.0952. The standard InChI is InChI=1S/C21H17NO2S/c1-2-24-18-12-11-14(15-7-3-4-8-16(15)18)13-20-21(23)22-17-9-5-6-10-19(17)25-20/h3-13H,2H2,1H3,(H,22,23)/b20-13-. The van der Waals surface area contributed by atoms with Crippen molar-refractivity contribution in [3.8, 4) is 5.75 Å². The van der Waals surface area contributed by atoms with Gasteiger partial charge in [0.2, 0.25) is 0 Å². The highest BCUT2D eigenvalue weighted by atomic mass is 32.2. The van der Waals surface area contributed by atoms with E-state index in [0.29, 0.717) is 11.5 Å². The maximum atomic E-state index is 12.4. The zero-order chi connectivity index (χ0) is 17.2. The number of ether oxygens (including phenoxy) is 1. The molecule has 0 spiro atoms. The summed E-state index contributed by atoms with van der Waals surface area (Å²) in [6.45, 7) is 2.60. The minimum Gasteiger partial charge on any atom is -0.493 e. The molecular weight excluding hydrogens is 330 g/mol. The molecule has 4 rings (SSSR count). The molecule has 3 aromatic rings. The SMILES string of the molecule is CCOc1ccc(/C=C2\Sc3ccccc3NC2=O)c2ccccc12. The van der Waals surface area contributed by atoms with E-state index < -0.39 is 0 Å². The number of nitrogens with one attached hydrogen (secondary N) is 1. The summed E-state index contributed by atoms with van der Waals surface area (Å²) < 4.78 is 5.73. The highest BCUT2D eigenvalue weighted by molar-refractivity contribution is 8.04. The number of thioether (sulfide) groups is 1. The van der Waals surface area contributed by atoms with E-state index in [-0.39, 0.29) is 5.91 Å². The predicted molar refractivity (Wildman–Crippen MR) is 104 cm³/mol. The Bertz CT molecular complexity index is 994. The number of amides is 1. The Morgan fingerprint density at radius 1 is 1.00 bits per heavy atom. The Hall–Kier alpha value is -2.72. The lowest BCUT2D eigenvalue weighted by Crippen LogP contribution is -2.17. The minimum absolute atomic E-state index is 0.0679. The molecule has 1 aliphatic heterocycles. The molecule has 4 heteroatoms. The van der Waals surface area contributed by atoms with Gasteiger partial charge in [0.1, 0.15) is 5.75 Å². The molecule has 0 radical (unpaired) electrons. The van der Waals surface area contributed by atoms with Gasteiger partial charge in [-0.25, -0.2) is 0 Å². The summed E-state index contributed by atoms with van der Waals surface area (Å²) in [5.41, 5.74) is 1.88. The van der Waals surface area contributed by atoms with Gasteiger partial charge in [-0.05, 0) is 42.1 Å². The average Bonchev–Trinajstić information content (AvgIpc) is 2.64. The van der Waals surface area contributed by atoms with E-state index in [9.17, 15) is 4.79 Å². The molecule has 0 aromatic heterocycles. The number of carbonyl (C=O) groups is 1. The van der Waals surface area contributed by atoms with Crippen LogP contribution in [0.15, 0.2) is 70.5 Å². The zero-order valence-corrected chi connectivity index (χ0v) is 14.6. The first-order valence-electron chi connectivity index (χ1n) is 8.21. The Morgan fingerprint density at radius 3 is 2.60 bits per heavy atom. The van der Waals surface area contributed by atoms with Crippen LogP contribution < -0.4 is 10.1 Å². The van der Waals surface area contributed by atoms with Gasteiger partial charge >= 0.3 is 0 Å². The van der Waals surface area contributed by atoms with Gasteiger partial charge < -0.3 is 10.1 Å². The summed E-state index contributed by atoms with van der Waals surface area (Å²) >= 11 is 1.50. The Kier molecular flexibility index (Phi) is 4.20. The minimum atomic E-state index is -0.0679. The molecule has 1 aliphatic rings. The van der Waals surface area contributed by atoms with Crippen molar-refractivity contribution in [3.63, 3.8) is 0 Å². The first-order valence-corrected chi connectivity index (χ1v) is 9.02. The molecular formula is C21H17NO2S. The second kappa shape index (κ2) is 6.65. The van der Waals surface area contributed by atoms with Gasteiger partial charge in [-0.2, -0.15) is 0 Å². The first-order chi connectivity index (χ1) is 12.3. The van der Waals surface area contributed by atoms with Crippen LogP contribution >= 0.6 is 11.8 Å². The molecule has 0 unspecified atom stereocenters. The number of carbonyl (C=O) groups excluding carboxylic acids is 1. The molecule has 0 saturated heterocycles. The highest BCUT2D eigenvalue weighted by Crippen LogP contribution is 2.39.